The fourth-order valence-corrected chi connectivity index (χ4v) is 2.35. The second-order valence-electron chi connectivity index (χ2n) is 6.17. The molecule has 2 aromatic carbocycles. The zero-order valence-corrected chi connectivity index (χ0v) is 15.2. The average Bonchev–Trinajstić information content (AvgIpc) is 2.66. The highest BCUT2D eigenvalue weighted by atomic mass is 19.2. The lowest BCUT2D eigenvalue weighted by atomic mass is 10.2. The van der Waals surface area contributed by atoms with Crippen molar-refractivity contribution in [2.75, 3.05) is 10.6 Å². The van der Waals surface area contributed by atoms with Crippen molar-refractivity contribution in [2.24, 2.45) is 0 Å². The van der Waals surface area contributed by atoms with Gasteiger partial charge >= 0.3 is 0 Å². The van der Waals surface area contributed by atoms with Gasteiger partial charge in [-0.2, -0.15) is 0 Å². The summed E-state index contributed by atoms with van der Waals surface area (Å²) in [5, 5.41) is 13.3. The van der Waals surface area contributed by atoms with Crippen molar-refractivity contribution < 1.29 is 18.3 Å². The molecule has 0 fully saturated rings. The molecule has 0 atom stereocenters. The molecule has 0 aliphatic carbocycles. The van der Waals surface area contributed by atoms with E-state index in [-0.39, 0.29) is 17.6 Å². The van der Waals surface area contributed by atoms with Crippen LogP contribution in [0.25, 0.3) is 0 Å². The number of halogens is 2. The van der Waals surface area contributed by atoms with Crippen LogP contribution in [0.1, 0.15) is 24.3 Å². The lowest BCUT2D eigenvalue weighted by molar-refractivity contribution is 0.102. The Morgan fingerprint density at radius 1 is 1.00 bits per heavy atom. The number of anilines is 3. The zero-order chi connectivity index (χ0) is 20.1. The summed E-state index contributed by atoms with van der Waals surface area (Å²) in [6.45, 7) is 3.78. The van der Waals surface area contributed by atoms with Gasteiger partial charge in [-0.1, -0.05) is 12.1 Å². The highest BCUT2D eigenvalue weighted by Crippen LogP contribution is 2.25. The number of carbonyl (C=O) groups excluding carboxylic acids is 1. The van der Waals surface area contributed by atoms with Crippen LogP contribution in [-0.4, -0.2) is 22.2 Å². The lowest BCUT2D eigenvalue weighted by Gasteiger charge is -2.14. The lowest BCUT2D eigenvalue weighted by Crippen LogP contribution is -2.16. The Morgan fingerprint density at radius 3 is 2.46 bits per heavy atom. The van der Waals surface area contributed by atoms with Gasteiger partial charge in [-0.15, -0.1) is 10.2 Å². The van der Waals surface area contributed by atoms with Crippen molar-refractivity contribution in [3.63, 3.8) is 0 Å². The van der Waals surface area contributed by atoms with E-state index in [0.29, 0.717) is 17.1 Å². The summed E-state index contributed by atoms with van der Waals surface area (Å²) in [6, 6.07) is 13.4. The smallest absolute Gasteiger partial charge is 0.276 e. The van der Waals surface area contributed by atoms with Gasteiger partial charge in [-0.05, 0) is 50.2 Å². The predicted octanol–water partition coefficient (Wildman–Crippen LogP) is 4.54. The Balaban J connectivity index is 1.69. The number of ether oxygens (including phenoxy) is 1. The maximum atomic E-state index is 13.3. The Labute approximate surface area is 160 Å². The average molecular weight is 384 g/mol. The molecule has 0 spiro atoms. The molecular weight excluding hydrogens is 366 g/mol. The number of hydrogen-bond acceptors (Lipinski definition) is 5. The molecule has 0 bridgehead atoms. The van der Waals surface area contributed by atoms with Crippen molar-refractivity contribution in [1.29, 1.82) is 0 Å². The minimum absolute atomic E-state index is 0.0421. The van der Waals surface area contributed by atoms with E-state index in [4.69, 9.17) is 4.74 Å². The van der Waals surface area contributed by atoms with E-state index < -0.39 is 17.5 Å². The molecule has 0 radical (unpaired) electrons. The monoisotopic (exact) mass is 384 g/mol. The first-order valence-corrected chi connectivity index (χ1v) is 8.55. The van der Waals surface area contributed by atoms with E-state index in [1.807, 2.05) is 19.9 Å². The van der Waals surface area contributed by atoms with E-state index in [1.165, 1.54) is 18.2 Å². The Kier molecular flexibility index (Phi) is 5.78. The molecule has 1 aromatic heterocycles. The third-order valence-corrected chi connectivity index (χ3v) is 3.59. The molecule has 2 N–H and O–H groups in total. The third-order valence-electron chi connectivity index (χ3n) is 3.59. The van der Waals surface area contributed by atoms with Gasteiger partial charge in [0.15, 0.2) is 23.1 Å². The highest BCUT2D eigenvalue weighted by Gasteiger charge is 2.13. The molecule has 0 aliphatic heterocycles. The Morgan fingerprint density at radius 2 is 1.79 bits per heavy atom. The second-order valence-corrected chi connectivity index (χ2v) is 6.17. The molecule has 0 aliphatic rings. The number of carbonyl (C=O) groups is 1. The Bertz CT molecular complexity index is 978. The van der Waals surface area contributed by atoms with E-state index >= 15 is 0 Å². The maximum Gasteiger partial charge on any atom is 0.276 e. The number of rotatable bonds is 6. The van der Waals surface area contributed by atoms with Crippen LogP contribution in [0.4, 0.5) is 26.0 Å². The van der Waals surface area contributed by atoms with Crippen LogP contribution in [0, 0.1) is 11.6 Å². The first-order chi connectivity index (χ1) is 13.4. The second kappa shape index (κ2) is 8.43. The number of amides is 1. The summed E-state index contributed by atoms with van der Waals surface area (Å²) < 4.78 is 31.9. The molecule has 6 nitrogen and oxygen atoms in total. The number of benzene rings is 2. The van der Waals surface area contributed by atoms with E-state index in [1.54, 1.807) is 18.2 Å². The fourth-order valence-electron chi connectivity index (χ4n) is 2.35. The Hall–Kier alpha value is -3.55. The van der Waals surface area contributed by atoms with Crippen LogP contribution in [0.5, 0.6) is 5.75 Å². The molecule has 144 valence electrons. The summed E-state index contributed by atoms with van der Waals surface area (Å²) in [5.41, 5.74) is 0.923. The van der Waals surface area contributed by atoms with Crippen LogP contribution >= 0.6 is 0 Å². The fraction of sp³-hybridized carbons (Fsp3) is 0.150. The molecule has 3 rings (SSSR count). The number of nitrogens with zero attached hydrogens (tertiary/aromatic N) is 2. The van der Waals surface area contributed by atoms with E-state index in [9.17, 15) is 13.6 Å². The number of aromatic nitrogens is 2. The molecule has 0 saturated carbocycles. The van der Waals surface area contributed by atoms with Crippen LogP contribution < -0.4 is 15.4 Å². The van der Waals surface area contributed by atoms with Gasteiger partial charge in [0, 0.05) is 11.8 Å². The largest absolute Gasteiger partial charge is 0.489 e. The van der Waals surface area contributed by atoms with Crippen molar-refractivity contribution >= 4 is 23.1 Å². The van der Waals surface area contributed by atoms with Crippen LogP contribution in [0.15, 0.2) is 54.6 Å². The summed E-state index contributed by atoms with van der Waals surface area (Å²) >= 11 is 0. The van der Waals surface area contributed by atoms with Crippen LogP contribution in [0.2, 0.25) is 0 Å². The summed E-state index contributed by atoms with van der Waals surface area (Å²) in [6.07, 6.45) is -0.0421. The van der Waals surface area contributed by atoms with Crippen LogP contribution in [-0.2, 0) is 0 Å². The quantitative estimate of drug-likeness (QED) is 0.653. The first-order valence-electron chi connectivity index (χ1n) is 8.55. The van der Waals surface area contributed by atoms with E-state index in [0.717, 1.165) is 12.1 Å². The molecule has 1 heterocycles. The summed E-state index contributed by atoms with van der Waals surface area (Å²) in [7, 11) is 0. The SMILES string of the molecule is CC(C)Oc1ccccc1NC(=O)c1ccc(Nc2ccc(F)c(F)c2)nn1. The predicted molar refractivity (Wildman–Crippen MR) is 102 cm³/mol. The molecule has 3 aromatic rings. The number of nitrogens with one attached hydrogen (secondary N) is 2. The van der Waals surface area contributed by atoms with Crippen molar-refractivity contribution in [1.82, 2.24) is 10.2 Å². The molecule has 8 heteroatoms. The van der Waals surface area contributed by atoms with Crippen molar-refractivity contribution in [3.8, 4) is 5.75 Å². The molecule has 28 heavy (non-hydrogen) atoms. The van der Waals surface area contributed by atoms with Gasteiger partial charge in [0.25, 0.3) is 5.91 Å². The van der Waals surface area contributed by atoms with Gasteiger partial charge < -0.3 is 15.4 Å². The van der Waals surface area contributed by atoms with Gasteiger partial charge in [0.05, 0.1) is 11.8 Å². The standard InChI is InChI=1S/C20H18F2N4O2/c1-12(2)28-18-6-4-3-5-16(18)24-20(27)17-9-10-19(26-25-17)23-13-7-8-14(21)15(22)11-13/h3-12H,1-2H3,(H,23,26)(H,24,27). The summed E-state index contributed by atoms with van der Waals surface area (Å²) in [5.74, 6) is -1.53. The highest BCUT2D eigenvalue weighted by molar-refractivity contribution is 6.03. The van der Waals surface area contributed by atoms with E-state index in [2.05, 4.69) is 20.8 Å². The van der Waals surface area contributed by atoms with Crippen molar-refractivity contribution in [2.45, 2.75) is 20.0 Å². The van der Waals surface area contributed by atoms with Gasteiger partial charge in [-0.3, -0.25) is 4.79 Å². The van der Waals surface area contributed by atoms with Gasteiger partial charge in [0.2, 0.25) is 0 Å². The maximum absolute atomic E-state index is 13.3. The molecule has 1 amide bonds. The zero-order valence-electron chi connectivity index (χ0n) is 15.2. The number of hydrogen-bond donors (Lipinski definition) is 2. The topological polar surface area (TPSA) is 76.1 Å². The van der Waals surface area contributed by atoms with Gasteiger partial charge in [0.1, 0.15) is 5.75 Å². The molecule has 0 unspecified atom stereocenters. The molecule has 0 saturated heterocycles. The van der Waals surface area contributed by atoms with Crippen molar-refractivity contribution in [3.05, 3.63) is 71.9 Å². The minimum Gasteiger partial charge on any atom is -0.489 e. The molecular formula is C20H18F2N4O2. The minimum atomic E-state index is -0.976. The normalized spacial score (nSPS) is 10.6. The van der Waals surface area contributed by atoms with Gasteiger partial charge in [-0.25, -0.2) is 8.78 Å². The first kappa shape index (κ1) is 19.2. The number of para-hydroxylation sites is 2. The van der Waals surface area contributed by atoms with Crippen LogP contribution in [0.3, 0.4) is 0 Å². The third kappa shape index (κ3) is 4.79. The summed E-state index contributed by atoms with van der Waals surface area (Å²) in [4.78, 5) is 12.4.